The number of nitrogens with zero attached hydrogens (tertiary/aromatic N) is 4. The number of halogens is 2. The lowest BCUT2D eigenvalue weighted by atomic mass is 9.83. The van der Waals surface area contributed by atoms with Crippen LogP contribution in [0.2, 0.25) is 10.0 Å². The SMILES string of the molecule is CCCC(=O)N(C)[C@@H](C)C(=O)O[C@H]1CC(=O)N(C)c2cc(cc(OC)c2Cl)C/C(C)=C/C=C/[C@@H](OC)[C@@]2(O)CC(OC(=O)N2)[C@@H](C)C2O[C@]21C.COc1cc2cc(c1Cl)N(C)C(=O)C[C@H](OC(=O)[C@H](C)N(C)C(=O)CCC(C)(C)S)[C@]1(C)OC1[C@H](C)C1C[C@@](O)(NC(=O)O1)[C@H](OC)/C=C/C=C(\C)C2. The van der Waals surface area contributed by atoms with E-state index >= 15 is 0 Å². The summed E-state index contributed by atoms with van der Waals surface area (Å²) in [5.74, 6) is -3.06. The van der Waals surface area contributed by atoms with E-state index in [-0.39, 0.29) is 65.1 Å². The van der Waals surface area contributed by atoms with Crippen molar-refractivity contribution in [3.8, 4) is 11.5 Å². The van der Waals surface area contributed by atoms with Crippen molar-refractivity contribution >= 4 is 95.0 Å². The number of thiol groups is 1. The third kappa shape index (κ3) is 19.8. The zero-order valence-electron chi connectivity index (χ0n) is 62.5. The number of epoxide rings is 2. The van der Waals surface area contributed by atoms with Gasteiger partial charge in [-0.3, -0.25) is 29.8 Å². The highest BCUT2D eigenvalue weighted by atomic mass is 35.5. The number of fused-ring (bicyclic) bond motifs is 10. The molecule has 0 aliphatic carbocycles. The molecule has 8 bridgehead atoms. The summed E-state index contributed by atoms with van der Waals surface area (Å²) in [7, 11) is 12.1. The zero-order chi connectivity index (χ0) is 76.8. The molecule has 103 heavy (non-hydrogen) atoms. The van der Waals surface area contributed by atoms with Crippen LogP contribution in [0.1, 0.15) is 139 Å². The van der Waals surface area contributed by atoms with Crippen molar-refractivity contribution in [3.63, 3.8) is 0 Å². The number of hydrogen-bond acceptors (Lipinski definition) is 21. The summed E-state index contributed by atoms with van der Waals surface area (Å²) in [6.45, 7) is 19.7. The average molecular weight is 1500 g/mol. The maximum atomic E-state index is 14.1. The number of allylic oxidation sites excluding steroid dienone is 6. The second kappa shape index (κ2) is 34.1. The Labute approximate surface area is 619 Å². The Morgan fingerprint density at radius 3 is 1.38 bits per heavy atom. The number of carbonyl (C=O) groups is 8. The molecule has 2 aromatic carbocycles. The molecule has 6 amide bonds. The van der Waals surface area contributed by atoms with Gasteiger partial charge >= 0.3 is 24.1 Å². The van der Waals surface area contributed by atoms with Crippen LogP contribution < -0.4 is 29.9 Å². The minimum absolute atomic E-state index is 0.0426. The molecule has 2 aromatic rings. The molecule has 570 valence electrons. The second-order valence-electron chi connectivity index (χ2n) is 28.9. The summed E-state index contributed by atoms with van der Waals surface area (Å²) in [6, 6.07) is 5.25. The molecule has 6 aliphatic rings. The van der Waals surface area contributed by atoms with Crippen LogP contribution >= 0.6 is 35.8 Å². The molecule has 4 saturated heterocycles. The van der Waals surface area contributed by atoms with Crippen molar-refractivity contribution in [2.75, 3.05) is 66.4 Å². The molecule has 4 fully saturated rings. The normalized spacial score (nSPS) is 31.9. The number of benzene rings is 2. The number of amides is 6. The molecule has 4 N–H and O–H groups in total. The molecule has 4 unspecified atom stereocenters. The van der Waals surface area contributed by atoms with Crippen LogP contribution in [0, 0.1) is 11.8 Å². The van der Waals surface area contributed by atoms with Gasteiger partial charge in [-0.25, -0.2) is 19.2 Å². The van der Waals surface area contributed by atoms with Gasteiger partial charge < -0.3 is 77.2 Å². The Morgan fingerprint density at radius 1 is 0.670 bits per heavy atom. The number of alkyl carbamates (subject to hydrolysis) is 2. The Balaban J connectivity index is 0.000000289. The van der Waals surface area contributed by atoms with Gasteiger partial charge in [0.2, 0.25) is 23.6 Å². The molecule has 0 spiro atoms. The number of esters is 2. The highest BCUT2D eigenvalue weighted by molar-refractivity contribution is 7.81. The number of methoxy groups -OCH3 is 4. The van der Waals surface area contributed by atoms with Gasteiger partial charge in [-0.1, -0.05) is 105 Å². The number of ether oxygens (including phenoxy) is 10. The van der Waals surface area contributed by atoms with Gasteiger partial charge in [-0.15, -0.1) is 0 Å². The molecule has 6 heterocycles. The van der Waals surface area contributed by atoms with Crippen molar-refractivity contribution in [2.24, 2.45) is 11.8 Å². The van der Waals surface area contributed by atoms with Gasteiger partial charge in [0, 0.05) is 84.7 Å². The summed E-state index contributed by atoms with van der Waals surface area (Å²) in [4.78, 5) is 112. The van der Waals surface area contributed by atoms with E-state index < -0.39 is 131 Å². The Hall–Kier alpha value is -6.95. The smallest absolute Gasteiger partial charge is 0.409 e. The van der Waals surface area contributed by atoms with Crippen LogP contribution in [-0.4, -0.2) is 213 Å². The number of carbonyl (C=O) groups excluding carboxylic acids is 8. The molecule has 8 rings (SSSR count). The minimum Gasteiger partial charge on any atom is -0.495 e. The number of nitrogens with one attached hydrogen (secondary N) is 2. The van der Waals surface area contributed by atoms with Crippen molar-refractivity contribution in [1.82, 2.24) is 20.4 Å². The van der Waals surface area contributed by atoms with Gasteiger partial charge in [0.1, 0.15) is 81.5 Å². The van der Waals surface area contributed by atoms with Crippen molar-refractivity contribution in [2.45, 2.75) is 229 Å². The van der Waals surface area contributed by atoms with Gasteiger partial charge in [-0.2, -0.15) is 12.6 Å². The first-order chi connectivity index (χ1) is 48.1. The van der Waals surface area contributed by atoms with E-state index in [0.717, 1.165) is 22.3 Å². The summed E-state index contributed by atoms with van der Waals surface area (Å²) in [5, 5.41) is 28.9. The zero-order valence-corrected chi connectivity index (χ0v) is 64.9. The Kier molecular flexibility index (Phi) is 27.6. The molecule has 0 saturated carbocycles. The van der Waals surface area contributed by atoms with Crippen LogP contribution in [0.3, 0.4) is 0 Å². The lowest BCUT2D eigenvalue weighted by Crippen LogP contribution is -2.63. The van der Waals surface area contributed by atoms with E-state index in [1.165, 1.54) is 62.1 Å². The van der Waals surface area contributed by atoms with E-state index in [1.807, 2.05) is 46.8 Å². The predicted molar refractivity (Wildman–Crippen MR) is 389 cm³/mol. The van der Waals surface area contributed by atoms with Crippen molar-refractivity contribution in [3.05, 3.63) is 93.0 Å². The molecule has 16 atom stereocenters. The van der Waals surface area contributed by atoms with Gasteiger partial charge in [0.25, 0.3) is 0 Å². The quantitative estimate of drug-likeness (QED) is 0.0480. The number of aliphatic hydroxyl groups is 2. The first-order valence-corrected chi connectivity index (χ1v) is 35.8. The highest BCUT2D eigenvalue weighted by Crippen LogP contribution is 2.51. The average Bonchev–Trinajstić information content (AvgIpc) is 1.57. The molecule has 26 nitrogen and oxygen atoms in total. The first kappa shape index (κ1) is 83.3. The minimum atomic E-state index is -1.83. The summed E-state index contributed by atoms with van der Waals surface area (Å²) >= 11 is 18.0. The molecular weight excluding hydrogens is 1400 g/mol. The summed E-state index contributed by atoms with van der Waals surface area (Å²) in [6.07, 6.45) is 3.52. The van der Waals surface area contributed by atoms with Crippen LogP contribution in [0.5, 0.6) is 11.5 Å². The fourth-order valence-electron chi connectivity index (χ4n) is 13.4. The predicted octanol–water partition coefficient (Wildman–Crippen LogP) is 9.32. The standard InChI is InChI=1S/C38H54ClN3O10S.C36H50ClN3O10/c1-21-12-11-13-28(49-10)38(47)20-27(50-35(46)40-38)22(2)33-37(6,52-33)29(51-34(45)23(3)41(7)30(43)14-15-36(4,5)53)19-31(44)42(8)25-17-24(16-21)18-26(48-9)32(25)39;1-10-12-29(41)39(6)22(4)33(43)49-28-18-30(42)40(7)24-16-23(17-25(46-8)31(24)37)15-20(2)13-11-14-27(47-9)36(45)19-26(48-34(44)38-36)21(3)32-35(28,5)50-32/h11-13,17-18,22-23,27-29,33,47,53H,14-16,19-20H2,1-10H3,(H,40,46);11,13-14,16-17,21-22,26-28,32,45H,10,12,15,18-19H2,1-9H3,(H,38,44)/b13-11+,21-12+;14-11+,20-13+/t22-,23+,27?,28-,29+,33?,37+,38+;21-,22+,26?,27-,28+,32?,35+,36+/m11/s1. The third-order valence-electron chi connectivity index (χ3n) is 20.5. The van der Waals surface area contributed by atoms with Crippen LogP contribution in [-0.2, 0) is 79.5 Å². The highest BCUT2D eigenvalue weighted by Gasteiger charge is 2.66. The molecule has 6 aliphatic heterocycles. The molecule has 0 aromatic heterocycles. The van der Waals surface area contributed by atoms with Crippen molar-refractivity contribution < 1.29 is 95.9 Å². The summed E-state index contributed by atoms with van der Waals surface area (Å²) in [5.41, 5.74) is -1.78. The van der Waals surface area contributed by atoms with Gasteiger partial charge in [0.15, 0.2) is 11.4 Å². The first-order valence-electron chi connectivity index (χ1n) is 34.5. The monoisotopic (exact) mass is 1500 g/mol. The van der Waals surface area contributed by atoms with Crippen LogP contribution in [0.15, 0.2) is 71.9 Å². The Morgan fingerprint density at radius 2 is 1.04 bits per heavy atom. The largest absolute Gasteiger partial charge is 0.495 e. The fraction of sp³-hybridized carbons (Fsp3) is 0.622. The number of rotatable bonds is 15. The topological polar surface area (TPSA) is 313 Å². The maximum Gasteiger partial charge on any atom is 0.409 e. The lowest BCUT2D eigenvalue weighted by Gasteiger charge is -2.42. The maximum absolute atomic E-state index is 14.1. The van der Waals surface area contributed by atoms with Crippen LogP contribution in [0.4, 0.5) is 21.0 Å². The van der Waals surface area contributed by atoms with E-state index in [2.05, 4.69) is 23.3 Å². The van der Waals surface area contributed by atoms with Crippen molar-refractivity contribution in [1.29, 1.82) is 0 Å². The fourth-order valence-corrected chi connectivity index (χ4v) is 14.2. The van der Waals surface area contributed by atoms with E-state index in [4.69, 9.17) is 70.6 Å². The number of likely N-dealkylation sites (N-methyl/N-ethyl adjacent to an activating group) is 2. The lowest BCUT2D eigenvalue weighted by molar-refractivity contribution is -0.162. The number of anilines is 2. The number of hydrogen-bond donors (Lipinski definition) is 5. The molecule has 0 radical (unpaired) electrons. The van der Waals surface area contributed by atoms with E-state index in [1.54, 1.807) is 104 Å². The third-order valence-corrected chi connectivity index (χ3v) is 21.4. The molecule has 29 heteroatoms. The van der Waals surface area contributed by atoms with E-state index in [0.29, 0.717) is 48.6 Å². The van der Waals surface area contributed by atoms with Gasteiger partial charge in [-0.05, 0) is 103 Å². The second-order valence-corrected chi connectivity index (χ2v) is 30.8. The Bertz CT molecular complexity index is 3620. The summed E-state index contributed by atoms with van der Waals surface area (Å²) < 4.78 is 57.9. The van der Waals surface area contributed by atoms with Crippen LogP contribution in [0.25, 0.3) is 0 Å². The van der Waals surface area contributed by atoms with E-state index in [9.17, 15) is 48.6 Å². The molecular formula is C74H104Cl2N6O20S. The van der Waals surface area contributed by atoms with Gasteiger partial charge in [0.05, 0.1) is 50.6 Å².